The van der Waals surface area contributed by atoms with Crippen molar-refractivity contribution in [3.8, 4) is 5.75 Å². The van der Waals surface area contributed by atoms with E-state index in [1.807, 2.05) is 39.0 Å². The fourth-order valence-corrected chi connectivity index (χ4v) is 12.6. The van der Waals surface area contributed by atoms with Gasteiger partial charge in [-0.15, -0.1) is 0 Å². The van der Waals surface area contributed by atoms with Crippen molar-refractivity contribution in [1.82, 2.24) is 60.5 Å². The van der Waals surface area contributed by atoms with Gasteiger partial charge in [0.25, 0.3) is 5.92 Å². The summed E-state index contributed by atoms with van der Waals surface area (Å²) in [6.45, 7) is 12.9. The summed E-state index contributed by atoms with van der Waals surface area (Å²) in [6, 6.07) is 11.3. The highest BCUT2D eigenvalue weighted by Gasteiger charge is 2.45. The number of benzene rings is 3. The molecular weight excluding hydrogens is 1420 g/mol. The summed E-state index contributed by atoms with van der Waals surface area (Å²) in [5.74, 6) is -12.6. The normalized spacial score (nSPS) is 23.3. The average molecular weight is 1520 g/mol. The molecule has 0 radical (unpaired) electrons. The molecule has 28 heteroatoms. The van der Waals surface area contributed by atoms with Crippen LogP contribution in [0.3, 0.4) is 0 Å². The zero-order valence-electron chi connectivity index (χ0n) is 61.6. The first-order valence-electron chi connectivity index (χ1n) is 34.2. The molecule has 3 aromatic carbocycles. The molecule has 7 atom stereocenters. The molecule has 25 nitrogen and oxygen atoms in total. The van der Waals surface area contributed by atoms with Gasteiger partial charge in [0, 0.05) is 98.1 Å². The Balaban J connectivity index is 1.66. The number of aryl methyl sites for hydroxylation is 1. The van der Waals surface area contributed by atoms with Gasteiger partial charge in [-0.3, -0.25) is 57.5 Å². The molecule has 4 N–H and O–H groups in total. The van der Waals surface area contributed by atoms with Crippen LogP contribution in [-0.2, 0) is 76.8 Å². The molecule has 0 bridgehead atoms. The SMILES string of the molecule is COc1ccc(C[C@@H]2NC(=O)[C@H](Cc3cccc(I)c3)NC(=O)CN(C)C(=O)[C@H](Cc3ccc(C)cc3)N(C)C(=O)CN(C)C(=O)CN(C)C(=O)[C@H](CC(C)C)NC(=O)[C@H](CC(C)C)N(C)C(=O)C[C@@H](C(=O)N3CCC(F)(F)CC3)N(C)C(=O)[C@H](CC(C)C)NC(=O)C(C)(C)N(C)C2=O)cc1. The van der Waals surface area contributed by atoms with Gasteiger partial charge in [-0.25, -0.2) is 8.78 Å². The molecule has 556 valence electrons. The number of carbonyl (C=O) groups is 12. The summed E-state index contributed by atoms with van der Waals surface area (Å²) in [6.07, 6.45) is -2.38. The molecular formula is C73H105F2IN12O13. The number of rotatable bonds is 14. The zero-order valence-corrected chi connectivity index (χ0v) is 63.8. The van der Waals surface area contributed by atoms with Crippen LogP contribution in [0.4, 0.5) is 8.78 Å². The van der Waals surface area contributed by atoms with E-state index in [0.717, 1.165) is 43.4 Å². The van der Waals surface area contributed by atoms with Crippen LogP contribution in [0.25, 0.3) is 0 Å². The summed E-state index contributed by atoms with van der Waals surface area (Å²) in [4.78, 5) is 186. The van der Waals surface area contributed by atoms with Crippen LogP contribution in [0.2, 0.25) is 0 Å². The van der Waals surface area contributed by atoms with E-state index in [2.05, 4.69) is 43.9 Å². The number of methoxy groups -OCH3 is 1. The Kier molecular flexibility index (Phi) is 30.6. The predicted octanol–water partition coefficient (Wildman–Crippen LogP) is 4.47. The van der Waals surface area contributed by atoms with Crippen LogP contribution in [0.15, 0.2) is 72.8 Å². The lowest BCUT2D eigenvalue weighted by molar-refractivity contribution is -0.154. The molecule has 0 aliphatic carbocycles. The number of carbonyl (C=O) groups excluding carboxylic acids is 12. The highest BCUT2D eigenvalue weighted by Crippen LogP contribution is 2.30. The molecule has 2 fully saturated rings. The summed E-state index contributed by atoms with van der Waals surface area (Å²) in [7, 11) is 10.9. The number of nitrogens with one attached hydrogen (secondary N) is 4. The van der Waals surface area contributed by atoms with Crippen LogP contribution in [0.5, 0.6) is 5.75 Å². The van der Waals surface area contributed by atoms with Gasteiger partial charge in [0.15, 0.2) is 0 Å². The van der Waals surface area contributed by atoms with Crippen molar-refractivity contribution in [3.05, 3.63) is 98.6 Å². The monoisotopic (exact) mass is 1520 g/mol. The Morgan fingerprint density at radius 2 is 1.06 bits per heavy atom. The minimum absolute atomic E-state index is 0.0278. The fraction of sp³-hybridized carbons (Fsp3) is 0.589. The van der Waals surface area contributed by atoms with E-state index < -0.39 is 177 Å². The second-order valence-corrected chi connectivity index (χ2v) is 30.0. The third-order valence-electron chi connectivity index (χ3n) is 18.7. The molecule has 2 saturated heterocycles. The van der Waals surface area contributed by atoms with Gasteiger partial charge in [0.2, 0.25) is 70.9 Å². The van der Waals surface area contributed by atoms with Gasteiger partial charge in [-0.1, -0.05) is 95.6 Å². The van der Waals surface area contributed by atoms with Crippen LogP contribution < -0.4 is 26.0 Å². The Morgan fingerprint density at radius 1 is 0.545 bits per heavy atom. The molecule has 2 heterocycles. The second kappa shape index (κ2) is 37.0. The van der Waals surface area contributed by atoms with E-state index in [9.17, 15) is 47.1 Å². The smallest absolute Gasteiger partial charge is 0.251 e. The zero-order chi connectivity index (χ0) is 75.7. The molecule has 0 spiro atoms. The van der Waals surface area contributed by atoms with E-state index in [-0.39, 0.29) is 56.3 Å². The molecule has 5 rings (SSSR count). The number of piperidine rings is 1. The topological polar surface area (TPSA) is 288 Å². The maximum absolute atomic E-state index is 15.3. The number of nitrogens with zero attached hydrogens (tertiary/aromatic N) is 8. The van der Waals surface area contributed by atoms with Crippen molar-refractivity contribution in [2.24, 2.45) is 17.8 Å². The molecule has 0 saturated carbocycles. The Morgan fingerprint density at radius 3 is 1.62 bits per heavy atom. The van der Waals surface area contributed by atoms with Crippen LogP contribution >= 0.6 is 22.6 Å². The van der Waals surface area contributed by atoms with Crippen LogP contribution in [0.1, 0.15) is 116 Å². The van der Waals surface area contributed by atoms with Gasteiger partial charge in [-0.2, -0.15) is 0 Å². The van der Waals surface area contributed by atoms with E-state index in [1.54, 1.807) is 82.3 Å². The van der Waals surface area contributed by atoms with E-state index in [4.69, 9.17) is 4.74 Å². The maximum Gasteiger partial charge on any atom is 0.251 e. The number of alkyl halides is 2. The summed E-state index contributed by atoms with van der Waals surface area (Å²) >= 11 is 2.11. The first kappa shape index (κ1) is 83.4. The lowest BCUT2D eigenvalue weighted by Gasteiger charge is -2.40. The first-order valence-corrected chi connectivity index (χ1v) is 35.3. The van der Waals surface area contributed by atoms with Gasteiger partial charge in [0.1, 0.15) is 53.6 Å². The van der Waals surface area contributed by atoms with Gasteiger partial charge < -0.3 is 65.2 Å². The second-order valence-electron chi connectivity index (χ2n) is 28.7. The largest absolute Gasteiger partial charge is 0.497 e. The number of likely N-dealkylation sites (tertiary alicyclic amines) is 1. The van der Waals surface area contributed by atoms with E-state index in [0.29, 0.717) is 22.4 Å². The Hall–Kier alpha value is -8.31. The molecule has 3 aromatic rings. The Labute approximate surface area is 607 Å². The van der Waals surface area contributed by atoms with Crippen molar-refractivity contribution >= 4 is 93.5 Å². The van der Waals surface area contributed by atoms with Crippen molar-refractivity contribution in [2.75, 3.05) is 89.2 Å². The third-order valence-corrected chi connectivity index (χ3v) is 19.4. The first-order chi connectivity index (χ1) is 47.1. The number of ether oxygens (including phenoxy) is 1. The molecule has 0 aromatic heterocycles. The van der Waals surface area contributed by atoms with E-state index in [1.165, 1.54) is 75.2 Å². The third kappa shape index (κ3) is 23.9. The lowest BCUT2D eigenvalue weighted by Crippen LogP contribution is -2.64. The van der Waals surface area contributed by atoms with Crippen molar-refractivity contribution in [3.63, 3.8) is 0 Å². The average Bonchev–Trinajstić information content (AvgIpc) is 0.807. The number of likely N-dealkylation sites (N-methyl/N-ethyl adjacent to an activating group) is 7. The molecule has 2 aliphatic heterocycles. The van der Waals surface area contributed by atoms with Crippen molar-refractivity contribution in [1.29, 1.82) is 0 Å². The summed E-state index contributed by atoms with van der Waals surface area (Å²) < 4.78 is 35.6. The van der Waals surface area contributed by atoms with Crippen LogP contribution in [0, 0.1) is 28.2 Å². The number of amides is 12. The van der Waals surface area contributed by atoms with Gasteiger partial charge >= 0.3 is 0 Å². The number of hydrogen-bond donors (Lipinski definition) is 4. The van der Waals surface area contributed by atoms with Crippen molar-refractivity contribution < 1.29 is 71.1 Å². The molecule has 12 amide bonds. The standard InChI is InChI=1S/C73H105F2IN12O13/c1-44(2)33-54-66(95)83(12)42-62(91)81(10)43-63(92)85(14)58(39-49-23-21-47(7)22-24-49)69(98)82(11)41-60(89)77-53(38-50-19-18-20-51(76)36-50)64(93)78-56(37-48-25-27-52(101-17)28-26-48)68(97)87(16)72(8,9)71(100)80-55(34-45(3)4)67(96)86(15)59(70(99)88-31-29-73(74,75)30-32-88)40-61(90)84(13)57(35-46(5)6)65(94)79-54/h18-28,36,44-46,53-59H,29-35,37-43H2,1-17H3,(H,77,89)(H,78,93)(H,79,94)(H,80,100)/t53-,54-,55-,56-,57-,58-,59-/m0/s1. The fourth-order valence-electron chi connectivity index (χ4n) is 12.0. The summed E-state index contributed by atoms with van der Waals surface area (Å²) in [5.41, 5.74) is 0.912. The minimum Gasteiger partial charge on any atom is -0.497 e. The molecule has 0 unspecified atom stereocenters. The minimum atomic E-state index is -3.09. The number of hydrogen-bond acceptors (Lipinski definition) is 13. The predicted molar refractivity (Wildman–Crippen MR) is 385 cm³/mol. The van der Waals surface area contributed by atoms with Crippen molar-refractivity contribution in [2.45, 2.75) is 174 Å². The van der Waals surface area contributed by atoms with Gasteiger partial charge in [-0.05, 0) is 121 Å². The van der Waals surface area contributed by atoms with Crippen LogP contribution in [-0.4, -0.2) is 253 Å². The van der Waals surface area contributed by atoms with Gasteiger partial charge in [0.05, 0.1) is 33.2 Å². The number of halogens is 3. The highest BCUT2D eigenvalue weighted by atomic mass is 127. The quantitative estimate of drug-likeness (QED) is 0.162. The van der Waals surface area contributed by atoms with E-state index >= 15 is 19.2 Å². The lowest BCUT2D eigenvalue weighted by atomic mass is 9.95. The Bertz CT molecular complexity index is 3440. The maximum atomic E-state index is 15.3. The molecule has 101 heavy (non-hydrogen) atoms. The highest BCUT2D eigenvalue weighted by molar-refractivity contribution is 14.1. The molecule has 2 aliphatic rings. The summed E-state index contributed by atoms with van der Waals surface area (Å²) in [5, 5.41) is 11.3.